The van der Waals surface area contributed by atoms with E-state index in [1.807, 2.05) is 18.2 Å². The Bertz CT molecular complexity index is 681. The number of aliphatic hydroxyl groups is 1. The van der Waals surface area contributed by atoms with Crippen LogP contribution in [0.4, 0.5) is 0 Å². The number of nitrogens with zero attached hydrogens (tertiary/aromatic N) is 1. The second-order valence-corrected chi connectivity index (χ2v) is 6.93. The van der Waals surface area contributed by atoms with Gasteiger partial charge in [-0.15, -0.1) is 0 Å². The molecule has 1 heterocycles. The quantitative estimate of drug-likeness (QED) is 0.844. The summed E-state index contributed by atoms with van der Waals surface area (Å²) in [5.74, 6) is 0.206. The number of rotatable bonds is 5. The van der Waals surface area contributed by atoms with Crippen LogP contribution in [0.15, 0.2) is 60.7 Å². The number of aliphatic hydroxyl groups excluding tert-OH is 1. The first-order valence-corrected chi connectivity index (χ1v) is 8.91. The van der Waals surface area contributed by atoms with Crippen LogP contribution in [0.25, 0.3) is 5.57 Å². The van der Waals surface area contributed by atoms with Crippen molar-refractivity contribution in [3.8, 4) is 0 Å². The molecule has 3 heteroatoms. The maximum atomic E-state index is 9.70. The fourth-order valence-electron chi connectivity index (χ4n) is 3.51. The summed E-state index contributed by atoms with van der Waals surface area (Å²) in [5, 5.41) is 10.5. The van der Waals surface area contributed by atoms with Crippen LogP contribution >= 0.6 is 11.6 Å². The first-order chi connectivity index (χ1) is 11.7. The predicted molar refractivity (Wildman–Crippen MR) is 101 cm³/mol. The monoisotopic (exact) mass is 341 g/mol. The first kappa shape index (κ1) is 17.2. The van der Waals surface area contributed by atoms with Gasteiger partial charge in [0.25, 0.3) is 0 Å². The van der Waals surface area contributed by atoms with Crippen LogP contribution in [-0.2, 0) is 0 Å². The third-order valence-electron chi connectivity index (χ3n) is 4.82. The Kier molecular flexibility index (Phi) is 5.72. The highest BCUT2D eigenvalue weighted by Crippen LogP contribution is 2.33. The molecule has 0 fully saturated rings. The lowest BCUT2D eigenvalue weighted by molar-refractivity contribution is 0.114. The van der Waals surface area contributed by atoms with Gasteiger partial charge in [0, 0.05) is 30.8 Å². The summed E-state index contributed by atoms with van der Waals surface area (Å²) in [7, 11) is 0. The van der Waals surface area contributed by atoms with Crippen molar-refractivity contribution in [2.24, 2.45) is 5.92 Å². The van der Waals surface area contributed by atoms with Crippen LogP contribution < -0.4 is 0 Å². The van der Waals surface area contributed by atoms with Gasteiger partial charge in [0.15, 0.2) is 0 Å². The van der Waals surface area contributed by atoms with Crippen molar-refractivity contribution in [1.29, 1.82) is 0 Å². The second-order valence-electron chi connectivity index (χ2n) is 6.50. The molecule has 1 aliphatic rings. The molecule has 0 aromatic heterocycles. The molecule has 2 atom stereocenters. The molecule has 126 valence electrons. The lowest BCUT2D eigenvalue weighted by Gasteiger charge is -2.37. The van der Waals surface area contributed by atoms with E-state index in [1.165, 1.54) is 16.7 Å². The highest BCUT2D eigenvalue weighted by Gasteiger charge is 2.27. The minimum absolute atomic E-state index is 0.198. The molecule has 0 saturated carbocycles. The minimum atomic E-state index is 0.198. The third-order valence-corrected chi connectivity index (χ3v) is 5.07. The molecule has 1 N–H and O–H groups in total. The van der Waals surface area contributed by atoms with Gasteiger partial charge in [0.2, 0.25) is 0 Å². The third kappa shape index (κ3) is 3.89. The van der Waals surface area contributed by atoms with Crippen LogP contribution in [0, 0.1) is 5.92 Å². The summed E-state index contributed by atoms with van der Waals surface area (Å²) in [5.41, 5.74) is 3.92. The van der Waals surface area contributed by atoms with E-state index in [2.05, 4.69) is 54.3 Å². The van der Waals surface area contributed by atoms with Gasteiger partial charge in [-0.2, -0.15) is 0 Å². The fraction of sp³-hybridized carbons (Fsp3) is 0.333. The Morgan fingerprint density at radius 1 is 1.08 bits per heavy atom. The number of hydrogen-bond acceptors (Lipinski definition) is 2. The molecular weight excluding hydrogens is 318 g/mol. The zero-order chi connectivity index (χ0) is 16.9. The standard InChI is InChI=1S/C21H24ClNO/c1-16(15-24)21(19-5-3-2-4-6-19)23-13-11-18(12-14-23)17-7-9-20(22)10-8-17/h2-11,16,21,24H,12-15H2,1H3. The van der Waals surface area contributed by atoms with Crippen molar-refractivity contribution in [3.63, 3.8) is 0 Å². The SMILES string of the molecule is CC(CO)C(c1ccccc1)N1CC=C(c2ccc(Cl)cc2)CC1. The van der Waals surface area contributed by atoms with Gasteiger partial charge in [-0.3, -0.25) is 4.90 Å². The van der Waals surface area contributed by atoms with Gasteiger partial charge < -0.3 is 5.11 Å². The Hall–Kier alpha value is -1.61. The topological polar surface area (TPSA) is 23.5 Å². The molecule has 0 amide bonds. The van der Waals surface area contributed by atoms with Gasteiger partial charge in [-0.25, -0.2) is 0 Å². The van der Waals surface area contributed by atoms with E-state index in [0.717, 1.165) is 24.5 Å². The van der Waals surface area contributed by atoms with Crippen molar-refractivity contribution < 1.29 is 5.11 Å². The summed E-state index contributed by atoms with van der Waals surface area (Å²) in [4.78, 5) is 2.47. The number of halogens is 1. The average molecular weight is 342 g/mol. The van der Waals surface area contributed by atoms with Crippen molar-refractivity contribution >= 4 is 17.2 Å². The summed E-state index contributed by atoms with van der Waals surface area (Å²) in [6.07, 6.45) is 3.33. The molecule has 24 heavy (non-hydrogen) atoms. The minimum Gasteiger partial charge on any atom is -0.396 e. The molecule has 2 nitrogen and oxygen atoms in total. The molecule has 1 aliphatic heterocycles. The van der Waals surface area contributed by atoms with Gasteiger partial charge in [0.1, 0.15) is 0 Å². The molecule has 0 bridgehead atoms. The number of benzene rings is 2. The Morgan fingerprint density at radius 3 is 2.38 bits per heavy atom. The molecule has 2 aromatic rings. The highest BCUT2D eigenvalue weighted by molar-refractivity contribution is 6.30. The summed E-state index contributed by atoms with van der Waals surface area (Å²) in [6.45, 7) is 4.22. The normalized spacial score (nSPS) is 18.0. The van der Waals surface area contributed by atoms with E-state index in [0.29, 0.717) is 0 Å². The molecular formula is C21H24ClNO. The van der Waals surface area contributed by atoms with E-state index < -0.39 is 0 Å². The summed E-state index contributed by atoms with van der Waals surface area (Å²) in [6, 6.07) is 18.8. The molecule has 2 unspecified atom stereocenters. The molecule has 0 saturated heterocycles. The van der Waals surface area contributed by atoms with E-state index >= 15 is 0 Å². The zero-order valence-electron chi connectivity index (χ0n) is 14.0. The van der Waals surface area contributed by atoms with Crippen LogP contribution in [-0.4, -0.2) is 29.7 Å². The summed E-state index contributed by atoms with van der Waals surface area (Å²) < 4.78 is 0. The number of hydrogen-bond donors (Lipinski definition) is 1. The van der Waals surface area contributed by atoms with Crippen LogP contribution in [0.2, 0.25) is 5.02 Å². The van der Waals surface area contributed by atoms with Crippen LogP contribution in [0.3, 0.4) is 0 Å². The highest BCUT2D eigenvalue weighted by atomic mass is 35.5. The largest absolute Gasteiger partial charge is 0.396 e. The Morgan fingerprint density at radius 2 is 1.79 bits per heavy atom. The van der Waals surface area contributed by atoms with E-state index in [-0.39, 0.29) is 18.6 Å². The van der Waals surface area contributed by atoms with Gasteiger partial charge >= 0.3 is 0 Å². The van der Waals surface area contributed by atoms with Gasteiger partial charge in [0.05, 0.1) is 0 Å². The van der Waals surface area contributed by atoms with E-state index in [1.54, 1.807) is 0 Å². The van der Waals surface area contributed by atoms with Gasteiger partial charge in [-0.1, -0.05) is 67.1 Å². The lowest BCUT2D eigenvalue weighted by atomic mass is 9.91. The first-order valence-electron chi connectivity index (χ1n) is 8.54. The maximum absolute atomic E-state index is 9.70. The molecule has 0 aliphatic carbocycles. The molecule has 0 radical (unpaired) electrons. The van der Waals surface area contributed by atoms with E-state index in [9.17, 15) is 5.11 Å². The molecule has 0 spiro atoms. The van der Waals surface area contributed by atoms with Crippen molar-refractivity contribution in [2.75, 3.05) is 19.7 Å². The van der Waals surface area contributed by atoms with Crippen LogP contribution in [0.1, 0.15) is 30.5 Å². The van der Waals surface area contributed by atoms with Gasteiger partial charge in [-0.05, 0) is 41.2 Å². The van der Waals surface area contributed by atoms with Crippen molar-refractivity contribution in [1.82, 2.24) is 4.90 Å². The van der Waals surface area contributed by atoms with Crippen molar-refractivity contribution in [3.05, 3.63) is 76.8 Å². The zero-order valence-corrected chi connectivity index (χ0v) is 14.8. The fourth-order valence-corrected chi connectivity index (χ4v) is 3.64. The predicted octanol–water partition coefficient (Wildman–Crippen LogP) is 4.80. The van der Waals surface area contributed by atoms with Crippen LogP contribution in [0.5, 0.6) is 0 Å². The second kappa shape index (κ2) is 7.98. The Labute approximate surface area is 149 Å². The van der Waals surface area contributed by atoms with E-state index in [4.69, 9.17) is 11.6 Å². The molecule has 3 rings (SSSR count). The maximum Gasteiger partial charge on any atom is 0.0474 e. The smallest absolute Gasteiger partial charge is 0.0474 e. The average Bonchev–Trinajstić information content (AvgIpc) is 2.64. The van der Waals surface area contributed by atoms with Crippen molar-refractivity contribution in [2.45, 2.75) is 19.4 Å². The molecule has 2 aromatic carbocycles. The lowest BCUT2D eigenvalue weighted by Crippen LogP contribution is -2.37. The summed E-state index contributed by atoms with van der Waals surface area (Å²) >= 11 is 5.98. The Balaban J connectivity index is 1.78.